The van der Waals surface area contributed by atoms with Crippen LogP contribution >= 0.6 is 0 Å². The third-order valence-electron chi connectivity index (χ3n) is 4.73. The van der Waals surface area contributed by atoms with Crippen LogP contribution in [0.2, 0.25) is 0 Å². The zero-order valence-electron chi connectivity index (χ0n) is 15.8. The van der Waals surface area contributed by atoms with Crippen molar-refractivity contribution in [2.75, 3.05) is 0 Å². The minimum atomic E-state index is -0.358. The van der Waals surface area contributed by atoms with E-state index in [0.717, 1.165) is 22.1 Å². The number of hydrogen-bond donors (Lipinski definition) is 1. The van der Waals surface area contributed by atoms with Crippen LogP contribution in [0.5, 0.6) is 0 Å². The van der Waals surface area contributed by atoms with Crippen molar-refractivity contribution in [2.24, 2.45) is 0 Å². The van der Waals surface area contributed by atoms with Crippen molar-refractivity contribution in [1.29, 1.82) is 0 Å². The molecule has 5 heteroatoms. The van der Waals surface area contributed by atoms with Gasteiger partial charge in [0.25, 0.3) is 5.56 Å². The molecule has 0 unspecified atom stereocenters. The van der Waals surface area contributed by atoms with Crippen LogP contribution in [0.25, 0.3) is 45.6 Å². The van der Waals surface area contributed by atoms with Gasteiger partial charge in [0, 0.05) is 34.5 Å². The van der Waals surface area contributed by atoms with Crippen LogP contribution in [0.1, 0.15) is 18.1 Å². The zero-order chi connectivity index (χ0) is 20.4. The van der Waals surface area contributed by atoms with E-state index in [1.54, 1.807) is 30.6 Å². The fraction of sp³-hybridized carbons (Fsp3) is 0.0417. The van der Waals surface area contributed by atoms with Crippen LogP contribution < -0.4 is 5.56 Å². The quantitative estimate of drug-likeness (QED) is 0.508. The average Bonchev–Trinajstić information content (AvgIpc) is 2.74. The Morgan fingerprint density at radius 3 is 2.66 bits per heavy atom. The van der Waals surface area contributed by atoms with Gasteiger partial charge in [-0.3, -0.25) is 4.79 Å². The number of nitrogens with one attached hydrogen (secondary N) is 1. The molecule has 1 aromatic carbocycles. The number of rotatable bonds is 4. The minimum Gasteiger partial charge on any atom is -0.328 e. The van der Waals surface area contributed by atoms with E-state index >= 15 is 0 Å². The maximum absolute atomic E-state index is 14.4. The number of nitrogens with zero attached hydrogens (tertiary/aromatic N) is 2. The first-order chi connectivity index (χ1) is 14.1. The summed E-state index contributed by atoms with van der Waals surface area (Å²) in [7, 11) is 0. The SMILES string of the molecule is C=Cc1c(/C=C\C)c(-c2cc(-c3ccccc3F)nc3ncccc23)c[nH]c1=O. The molecule has 0 aliphatic carbocycles. The first kappa shape index (κ1) is 18.5. The summed E-state index contributed by atoms with van der Waals surface area (Å²) in [6, 6.07) is 12.1. The highest BCUT2D eigenvalue weighted by Gasteiger charge is 2.16. The molecule has 3 heterocycles. The van der Waals surface area contributed by atoms with Crippen LogP contribution in [-0.2, 0) is 0 Å². The smallest absolute Gasteiger partial charge is 0.255 e. The highest BCUT2D eigenvalue weighted by atomic mass is 19.1. The number of hydrogen-bond acceptors (Lipinski definition) is 3. The van der Waals surface area contributed by atoms with E-state index in [1.165, 1.54) is 12.1 Å². The fourth-order valence-electron chi connectivity index (χ4n) is 3.42. The largest absolute Gasteiger partial charge is 0.328 e. The summed E-state index contributed by atoms with van der Waals surface area (Å²) in [6.07, 6.45) is 8.59. The number of aromatic amines is 1. The van der Waals surface area contributed by atoms with Gasteiger partial charge in [0.1, 0.15) is 5.82 Å². The Bertz CT molecular complexity index is 1320. The second-order valence-corrected chi connectivity index (χ2v) is 6.47. The molecule has 0 saturated carbocycles. The van der Waals surface area contributed by atoms with Gasteiger partial charge in [0.05, 0.1) is 5.69 Å². The summed E-state index contributed by atoms with van der Waals surface area (Å²) >= 11 is 0. The van der Waals surface area contributed by atoms with Crippen molar-refractivity contribution in [2.45, 2.75) is 6.92 Å². The molecule has 0 aliphatic rings. The van der Waals surface area contributed by atoms with Crippen LogP contribution in [0.4, 0.5) is 4.39 Å². The first-order valence-corrected chi connectivity index (χ1v) is 9.16. The van der Waals surface area contributed by atoms with E-state index in [2.05, 4.69) is 21.5 Å². The molecule has 4 aromatic rings. The van der Waals surface area contributed by atoms with Crippen molar-refractivity contribution in [3.05, 3.63) is 94.8 Å². The maximum Gasteiger partial charge on any atom is 0.255 e. The van der Waals surface area contributed by atoms with E-state index in [4.69, 9.17) is 0 Å². The van der Waals surface area contributed by atoms with E-state index in [1.807, 2.05) is 37.3 Å². The van der Waals surface area contributed by atoms with Crippen molar-refractivity contribution < 1.29 is 4.39 Å². The third kappa shape index (κ3) is 3.27. The van der Waals surface area contributed by atoms with Crippen molar-refractivity contribution in [1.82, 2.24) is 15.0 Å². The predicted molar refractivity (Wildman–Crippen MR) is 116 cm³/mol. The van der Waals surface area contributed by atoms with Gasteiger partial charge in [-0.15, -0.1) is 0 Å². The van der Waals surface area contributed by atoms with E-state index in [0.29, 0.717) is 22.5 Å². The van der Waals surface area contributed by atoms with Gasteiger partial charge in [-0.25, -0.2) is 14.4 Å². The minimum absolute atomic E-state index is 0.220. The second kappa shape index (κ2) is 7.64. The fourth-order valence-corrected chi connectivity index (χ4v) is 3.42. The van der Waals surface area contributed by atoms with Gasteiger partial charge in [0.2, 0.25) is 0 Å². The van der Waals surface area contributed by atoms with Crippen LogP contribution in [0, 0.1) is 5.82 Å². The first-order valence-electron chi connectivity index (χ1n) is 9.16. The molecule has 4 nitrogen and oxygen atoms in total. The number of benzene rings is 1. The van der Waals surface area contributed by atoms with E-state index in [-0.39, 0.29) is 11.4 Å². The molecule has 3 aromatic heterocycles. The number of pyridine rings is 3. The van der Waals surface area contributed by atoms with Crippen LogP contribution in [-0.4, -0.2) is 15.0 Å². The van der Waals surface area contributed by atoms with Crippen molar-refractivity contribution >= 4 is 23.2 Å². The molecule has 0 amide bonds. The van der Waals surface area contributed by atoms with Gasteiger partial charge in [-0.05, 0) is 48.4 Å². The van der Waals surface area contributed by atoms with Gasteiger partial charge in [0.15, 0.2) is 5.65 Å². The topological polar surface area (TPSA) is 58.6 Å². The number of aromatic nitrogens is 3. The zero-order valence-corrected chi connectivity index (χ0v) is 15.8. The lowest BCUT2D eigenvalue weighted by atomic mass is 9.94. The lowest BCUT2D eigenvalue weighted by Gasteiger charge is -2.13. The number of allylic oxidation sites excluding steroid dienone is 1. The summed E-state index contributed by atoms with van der Waals surface area (Å²) < 4.78 is 14.4. The van der Waals surface area contributed by atoms with Gasteiger partial charge >= 0.3 is 0 Å². The highest BCUT2D eigenvalue weighted by Crippen LogP contribution is 2.34. The molecule has 0 aliphatic heterocycles. The molecular weight excluding hydrogens is 365 g/mol. The number of fused-ring (bicyclic) bond motifs is 1. The maximum atomic E-state index is 14.4. The van der Waals surface area contributed by atoms with E-state index < -0.39 is 0 Å². The number of halogens is 1. The molecule has 0 bridgehead atoms. The summed E-state index contributed by atoms with van der Waals surface area (Å²) in [6.45, 7) is 5.66. The Hall–Kier alpha value is -3.86. The molecule has 142 valence electrons. The van der Waals surface area contributed by atoms with Crippen LogP contribution in [0.15, 0.2) is 72.3 Å². The summed E-state index contributed by atoms with van der Waals surface area (Å²) in [4.78, 5) is 24.0. The van der Waals surface area contributed by atoms with E-state index in [9.17, 15) is 9.18 Å². The second-order valence-electron chi connectivity index (χ2n) is 6.47. The Balaban J connectivity index is 2.11. The van der Waals surface area contributed by atoms with Crippen LogP contribution in [0.3, 0.4) is 0 Å². The summed E-state index contributed by atoms with van der Waals surface area (Å²) in [5, 5.41) is 0.806. The van der Waals surface area contributed by atoms with Crippen molar-refractivity contribution in [3.63, 3.8) is 0 Å². The molecule has 0 fully saturated rings. The monoisotopic (exact) mass is 383 g/mol. The molecular formula is C24H18FN3O. The third-order valence-corrected chi connectivity index (χ3v) is 4.73. The lowest BCUT2D eigenvalue weighted by molar-refractivity contribution is 0.631. The molecule has 0 atom stereocenters. The van der Waals surface area contributed by atoms with Gasteiger partial charge < -0.3 is 4.98 Å². The van der Waals surface area contributed by atoms with Gasteiger partial charge in [-0.2, -0.15) is 0 Å². The molecule has 1 N–H and O–H groups in total. The molecule has 4 rings (SSSR count). The Kier molecular flexibility index (Phi) is 4.87. The Morgan fingerprint density at radius 2 is 1.90 bits per heavy atom. The number of H-pyrrole nitrogens is 1. The summed E-state index contributed by atoms with van der Waals surface area (Å²) in [5.41, 5.74) is 3.95. The van der Waals surface area contributed by atoms with Crippen molar-refractivity contribution in [3.8, 4) is 22.4 Å². The van der Waals surface area contributed by atoms with Gasteiger partial charge in [-0.1, -0.05) is 36.9 Å². The normalized spacial score (nSPS) is 11.2. The molecule has 0 spiro atoms. The Labute approximate surface area is 167 Å². The standard InChI is InChI=1S/C24H18FN3O/c1-3-8-16-15(4-2)24(29)27-14-20(16)19-13-22(18-9-5-6-11-21(18)25)28-23-17(19)10-7-12-26-23/h3-14H,2H2,1H3,(H,27,29)/b8-3-. The average molecular weight is 383 g/mol. The highest BCUT2D eigenvalue weighted by molar-refractivity contribution is 5.97. The summed E-state index contributed by atoms with van der Waals surface area (Å²) in [5.74, 6) is -0.358. The molecule has 0 radical (unpaired) electrons. The molecule has 29 heavy (non-hydrogen) atoms. The lowest BCUT2D eigenvalue weighted by Crippen LogP contribution is -2.11. The molecule has 0 saturated heterocycles. The Morgan fingerprint density at radius 1 is 1.07 bits per heavy atom. The predicted octanol–water partition coefficient (Wildman–Crippen LogP) is 5.47.